The number of benzene rings is 1. The number of unbranched alkanes of at least 4 members (excludes halogenated alkanes) is 6. The van der Waals surface area contributed by atoms with E-state index in [4.69, 9.17) is 4.74 Å². The van der Waals surface area contributed by atoms with E-state index in [-0.39, 0.29) is 12.2 Å². The summed E-state index contributed by atoms with van der Waals surface area (Å²) in [5.41, 5.74) is 0. The summed E-state index contributed by atoms with van der Waals surface area (Å²) in [5.74, 6) is 0.631. The van der Waals surface area contributed by atoms with Crippen LogP contribution in [0.3, 0.4) is 0 Å². The first kappa shape index (κ1) is 17.7. The van der Waals surface area contributed by atoms with Gasteiger partial charge in [-0.2, -0.15) is 13.2 Å². The van der Waals surface area contributed by atoms with Gasteiger partial charge in [-0.25, -0.2) is 0 Å². The van der Waals surface area contributed by atoms with Crippen molar-refractivity contribution in [1.29, 1.82) is 0 Å². The summed E-state index contributed by atoms with van der Waals surface area (Å²) in [6.45, 7) is 0.547. The van der Waals surface area contributed by atoms with Crippen molar-refractivity contribution in [3.8, 4) is 11.5 Å². The number of ether oxygens (including phenoxy) is 1. The molecule has 0 radical (unpaired) electrons. The Kier molecular flexibility index (Phi) is 8.01. The van der Waals surface area contributed by atoms with E-state index < -0.39 is 12.6 Å². The first-order valence-electron chi connectivity index (χ1n) is 7.46. The number of phenolic OH excluding ortho intramolecular Hbond substituents is 1. The molecular weight excluding hydrogens is 281 g/mol. The zero-order chi connectivity index (χ0) is 15.6. The topological polar surface area (TPSA) is 29.5 Å². The number of halogens is 3. The molecule has 1 rings (SSSR count). The van der Waals surface area contributed by atoms with Crippen LogP contribution in [0.25, 0.3) is 0 Å². The molecule has 0 aliphatic carbocycles. The number of aromatic hydroxyl groups is 1. The van der Waals surface area contributed by atoms with Crippen LogP contribution in [0.4, 0.5) is 13.2 Å². The molecule has 0 aromatic heterocycles. The summed E-state index contributed by atoms with van der Waals surface area (Å²) in [6, 6.07) is 6.84. The fraction of sp³-hybridized carbons (Fsp3) is 0.625. The first-order chi connectivity index (χ1) is 9.99. The Morgan fingerprint density at radius 3 is 2.05 bits per heavy atom. The molecule has 0 spiro atoms. The van der Waals surface area contributed by atoms with Crippen molar-refractivity contribution in [2.24, 2.45) is 0 Å². The Balaban J connectivity index is 1.90. The maximum Gasteiger partial charge on any atom is 0.389 e. The molecule has 0 amide bonds. The molecule has 5 heteroatoms. The maximum absolute atomic E-state index is 11.9. The number of hydrogen-bond donors (Lipinski definition) is 1. The number of para-hydroxylation sites is 2. The van der Waals surface area contributed by atoms with Gasteiger partial charge in [0.1, 0.15) is 0 Å². The zero-order valence-electron chi connectivity index (χ0n) is 12.2. The predicted molar refractivity (Wildman–Crippen MR) is 76.6 cm³/mol. The summed E-state index contributed by atoms with van der Waals surface area (Å²) in [7, 11) is 0. The lowest BCUT2D eigenvalue weighted by Gasteiger charge is -2.07. The van der Waals surface area contributed by atoms with Crippen LogP contribution in [0.15, 0.2) is 24.3 Å². The molecule has 0 unspecified atom stereocenters. The Morgan fingerprint density at radius 2 is 1.43 bits per heavy atom. The molecule has 0 fully saturated rings. The second-order valence-electron chi connectivity index (χ2n) is 5.16. The van der Waals surface area contributed by atoms with Gasteiger partial charge in [-0.3, -0.25) is 0 Å². The van der Waals surface area contributed by atoms with Crippen LogP contribution >= 0.6 is 0 Å². The molecular formula is C16H23F3O2. The van der Waals surface area contributed by atoms with Crippen LogP contribution in [0.1, 0.15) is 51.4 Å². The van der Waals surface area contributed by atoms with Crippen molar-refractivity contribution >= 4 is 0 Å². The predicted octanol–water partition coefficient (Wildman–Crippen LogP) is 5.45. The van der Waals surface area contributed by atoms with E-state index in [1.54, 1.807) is 24.3 Å². The standard InChI is InChI=1S/C16H23F3O2/c17-16(18,19)12-8-4-2-1-3-5-9-13-21-15-11-7-6-10-14(15)20/h6-7,10-11,20H,1-5,8-9,12-13H2. The molecule has 0 saturated carbocycles. The summed E-state index contributed by atoms with van der Waals surface area (Å²) < 4.78 is 41.2. The Morgan fingerprint density at radius 1 is 0.857 bits per heavy atom. The van der Waals surface area contributed by atoms with E-state index in [1.807, 2.05) is 0 Å². The molecule has 0 saturated heterocycles. The van der Waals surface area contributed by atoms with E-state index in [9.17, 15) is 18.3 Å². The average molecular weight is 304 g/mol. The quantitative estimate of drug-likeness (QED) is 0.582. The van der Waals surface area contributed by atoms with Crippen LogP contribution in [0.5, 0.6) is 11.5 Å². The van der Waals surface area contributed by atoms with Gasteiger partial charge in [0.15, 0.2) is 11.5 Å². The number of phenols is 1. The van der Waals surface area contributed by atoms with Crippen molar-refractivity contribution in [3.05, 3.63) is 24.3 Å². The minimum Gasteiger partial charge on any atom is -0.504 e. The highest BCUT2D eigenvalue weighted by atomic mass is 19.4. The molecule has 0 atom stereocenters. The molecule has 0 bridgehead atoms. The fourth-order valence-corrected chi connectivity index (χ4v) is 2.07. The molecule has 120 valence electrons. The van der Waals surface area contributed by atoms with Gasteiger partial charge in [-0.1, -0.05) is 44.2 Å². The first-order valence-corrected chi connectivity index (χ1v) is 7.46. The minimum absolute atomic E-state index is 0.141. The van der Waals surface area contributed by atoms with Crippen LogP contribution in [-0.4, -0.2) is 17.9 Å². The molecule has 0 aliphatic rings. The van der Waals surface area contributed by atoms with E-state index in [0.29, 0.717) is 18.8 Å². The second-order valence-corrected chi connectivity index (χ2v) is 5.16. The lowest BCUT2D eigenvalue weighted by molar-refractivity contribution is -0.135. The van der Waals surface area contributed by atoms with Crippen LogP contribution in [0.2, 0.25) is 0 Å². The summed E-state index contributed by atoms with van der Waals surface area (Å²) >= 11 is 0. The van der Waals surface area contributed by atoms with Crippen molar-refractivity contribution in [2.45, 2.75) is 57.5 Å². The highest BCUT2D eigenvalue weighted by molar-refractivity contribution is 5.37. The Hall–Kier alpha value is -1.39. The highest BCUT2D eigenvalue weighted by Crippen LogP contribution is 2.25. The lowest BCUT2D eigenvalue weighted by Crippen LogP contribution is -2.06. The summed E-state index contributed by atoms with van der Waals surface area (Å²) in [6.07, 6.45) is 0.917. The van der Waals surface area contributed by atoms with E-state index in [0.717, 1.165) is 32.1 Å². The molecule has 21 heavy (non-hydrogen) atoms. The van der Waals surface area contributed by atoms with Crippen molar-refractivity contribution < 1.29 is 23.0 Å². The van der Waals surface area contributed by atoms with Crippen LogP contribution in [-0.2, 0) is 0 Å². The van der Waals surface area contributed by atoms with E-state index in [2.05, 4.69) is 0 Å². The van der Waals surface area contributed by atoms with Gasteiger partial charge < -0.3 is 9.84 Å². The second kappa shape index (κ2) is 9.53. The van der Waals surface area contributed by atoms with Gasteiger partial charge in [0, 0.05) is 6.42 Å². The number of rotatable bonds is 10. The fourth-order valence-electron chi connectivity index (χ4n) is 2.07. The van der Waals surface area contributed by atoms with E-state index >= 15 is 0 Å². The Labute approximate surface area is 123 Å². The summed E-state index contributed by atoms with van der Waals surface area (Å²) in [5, 5.41) is 9.49. The zero-order valence-corrected chi connectivity index (χ0v) is 12.2. The molecule has 0 heterocycles. The largest absolute Gasteiger partial charge is 0.504 e. The monoisotopic (exact) mass is 304 g/mol. The molecule has 0 aliphatic heterocycles. The SMILES string of the molecule is Oc1ccccc1OCCCCCCCCCC(F)(F)F. The van der Waals surface area contributed by atoms with Crippen LogP contribution in [0, 0.1) is 0 Å². The van der Waals surface area contributed by atoms with Gasteiger partial charge in [0.05, 0.1) is 6.61 Å². The third-order valence-electron chi connectivity index (χ3n) is 3.23. The minimum atomic E-state index is -4.01. The number of alkyl halides is 3. The van der Waals surface area contributed by atoms with Crippen molar-refractivity contribution in [1.82, 2.24) is 0 Å². The summed E-state index contributed by atoms with van der Waals surface area (Å²) in [4.78, 5) is 0. The van der Waals surface area contributed by atoms with Crippen molar-refractivity contribution in [2.75, 3.05) is 6.61 Å². The van der Waals surface area contributed by atoms with Crippen LogP contribution < -0.4 is 4.74 Å². The Bertz CT molecular complexity index is 391. The third-order valence-corrected chi connectivity index (χ3v) is 3.23. The average Bonchev–Trinajstić information content (AvgIpc) is 2.41. The maximum atomic E-state index is 11.9. The van der Waals surface area contributed by atoms with Crippen molar-refractivity contribution in [3.63, 3.8) is 0 Å². The van der Waals surface area contributed by atoms with Gasteiger partial charge in [0.2, 0.25) is 0 Å². The van der Waals surface area contributed by atoms with Gasteiger partial charge >= 0.3 is 6.18 Å². The van der Waals surface area contributed by atoms with E-state index in [1.165, 1.54) is 0 Å². The highest BCUT2D eigenvalue weighted by Gasteiger charge is 2.25. The molecule has 2 nitrogen and oxygen atoms in total. The molecule has 1 N–H and O–H groups in total. The lowest BCUT2D eigenvalue weighted by atomic mass is 10.1. The van der Waals surface area contributed by atoms with Gasteiger partial charge in [-0.05, 0) is 25.0 Å². The third kappa shape index (κ3) is 9.21. The smallest absolute Gasteiger partial charge is 0.389 e. The number of hydrogen-bond acceptors (Lipinski definition) is 2. The molecule has 1 aromatic rings. The van der Waals surface area contributed by atoms with Gasteiger partial charge in [0.25, 0.3) is 0 Å². The normalized spacial score (nSPS) is 11.6. The van der Waals surface area contributed by atoms with Gasteiger partial charge in [-0.15, -0.1) is 0 Å². The molecule has 1 aromatic carbocycles.